The number of amides is 4. The van der Waals surface area contributed by atoms with Gasteiger partial charge in [0.15, 0.2) is 11.9 Å². The molecule has 3 aliphatic rings. The summed E-state index contributed by atoms with van der Waals surface area (Å²) in [6.45, 7) is 4.52. The molecule has 1 N–H and O–H groups in total. The lowest BCUT2D eigenvalue weighted by atomic mass is 9.87. The van der Waals surface area contributed by atoms with Gasteiger partial charge in [0.2, 0.25) is 0 Å². The van der Waals surface area contributed by atoms with Gasteiger partial charge in [-0.25, -0.2) is 9.37 Å². The summed E-state index contributed by atoms with van der Waals surface area (Å²) in [5.41, 5.74) is 16.4. The van der Waals surface area contributed by atoms with Gasteiger partial charge in [-0.05, 0) is 93.5 Å². The third-order valence-corrected chi connectivity index (χ3v) is 15.7. The molecule has 4 amide bonds. The standard InChI is InChI=1S/C51H60N8O10Si/c1-56(2)35-19-21-41-43(30-35)70(6,7)44-31-36(57(3)4)20-22-42(44)49(41)39-17-8-9-18-40(39)51(65)58(5)26-12-15-37(60)14-11-25-53-50(64)34-13-10-16-38(29-34)68-32-45(54-55-52)67-28-27-66-33-48(63)69-59-46(61)23-24-47(59)62/h8-10,13,16-22,29-31,45H,11-12,14-15,23-28,32-33H2,1-7H3/p+1. The van der Waals surface area contributed by atoms with Crippen LogP contribution in [0.4, 0.5) is 5.69 Å². The minimum atomic E-state index is -2.18. The highest BCUT2D eigenvalue weighted by molar-refractivity contribution is 6.98. The van der Waals surface area contributed by atoms with Gasteiger partial charge >= 0.3 is 5.97 Å². The highest BCUT2D eigenvalue weighted by Crippen LogP contribution is 2.43. The summed E-state index contributed by atoms with van der Waals surface area (Å²) in [6.07, 6.45) is 7.04. The number of carbonyl (C=O) groups is 6. The molecule has 3 aromatic rings. The monoisotopic (exact) mass is 973 g/mol. The van der Waals surface area contributed by atoms with E-state index in [2.05, 4.69) is 103 Å². The minimum absolute atomic E-state index is 0.0273. The maximum atomic E-state index is 14.3. The van der Waals surface area contributed by atoms with Crippen molar-refractivity contribution in [2.75, 3.05) is 79.7 Å². The van der Waals surface area contributed by atoms with Gasteiger partial charge in [0, 0.05) is 93.8 Å². The summed E-state index contributed by atoms with van der Waals surface area (Å²) in [6, 6.07) is 20.9. The van der Waals surface area contributed by atoms with Crippen LogP contribution in [-0.4, -0.2) is 145 Å². The van der Waals surface area contributed by atoms with Crippen molar-refractivity contribution in [1.82, 2.24) is 15.3 Å². The lowest BCUT2D eigenvalue weighted by Crippen LogP contribution is -2.49. The second kappa shape index (κ2) is 23.9. The molecule has 1 unspecified atom stereocenters. The fourth-order valence-electron chi connectivity index (χ4n) is 8.35. The summed E-state index contributed by atoms with van der Waals surface area (Å²) in [4.78, 5) is 86.6. The van der Waals surface area contributed by atoms with Crippen molar-refractivity contribution in [1.29, 1.82) is 0 Å². The van der Waals surface area contributed by atoms with Crippen LogP contribution >= 0.6 is 0 Å². The molecule has 0 bridgehead atoms. The van der Waals surface area contributed by atoms with Crippen LogP contribution in [0.1, 0.15) is 70.4 Å². The molecular formula is C51H61N8O10Si+. The third kappa shape index (κ3) is 12.9. The maximum Gasteiger partial charge on any atom is 0.358 e. The number of carbonyl (C=O) groups excluding carboxylic acids is 6. The summed E-state index contributed by atoms with van der Waals surface area (Å²) < 4.78 is 18.5. The van der Waals surface area contributed by atoms with Crippen LogP contribution in [0.2, 0.25) is 13.1 Å². The molecule has 19 heteroatoms. The van der Waals surface area contributed by atoms with Crippen molar-refractivity contribution < 1.29 is 52.4 Å². The molecule has 70 heavy (non-hydrogen) atoms. The van der Waals surface area contributed by atoms with Crippen LogP contribution in [0.5, 0.6) is 5.75 Å². The number of Topliss-reactive ketones (excluding diaryl/α,β-unsaturated/α-hetero) is 1. The largest absolute Gasteiger partial charge is 0.491 e. The van der Waals surface area contributed by atoms with E-state index in [4.69, 9.17) is 24.6 Å². The van der Waals surface area contributed by atoms with Crippen LogP contribution < -0.4 is 20.1 Å². The van der Waals surface area contributed by atoms with E-state index < -0.39 is 38.7 Å². The Morgan fingerprint density at radius 3 is 2.39 bits per heavy atom. The van der Waals surface area contributed by atoms with E-state index in [0.29, 0.717) is 47.7 Å². The highest BCUT2D eigenvalue weighted by Gasteiger charge is 2.41. The molecule has 1 aliphatic carbocycles. The first-order valence-corrected chi connectivity index (χ1v) is 26.2. The number of anilines is 1. The van der Waals surface area contributed by atoms with Crippen molar-refractivity contribution in [2.24, 2.45) is 5.11 Å². The number of fused-ring (bicyclic) bond motifs is 2. The van der Waals surface area contributed by atoms with Gasteiger partial charge in [-0.1, -0.05) is 48.5 Å². The van der Waals surface area contributed by atoms with Gasteiger partial charge in [-0.3, -0.25) is 24.0 Å². The van der Waals surface area contributed by atoms with E-state index in [-0.39, 0.29) is 63.2 Å². The van der Waals surface area contributed by atoms with Gasteiger partial charge in [0.05, 0.1) is 13.2 Å². The molecule has 1 saturated heterocycles. The predicted molar refractivity (Wildman–Crippen MR) is 266 cm³/mol. The van der Waals surface area contributed by atoms with Crippen LogP contribution in [0, 0.1) is 0 Å². The second-order valence-corrected chi connectivity index (χ2v) is 22.3. The number of hydroxylamine groups is 2. The van der Waals surface area contributed by atoms with Gasteiger partial charge in [0.1, 0.15) is 46.9 Å². The number of hydrogen-bond acceptors (Lipinski definition) is 12. The van der Waals surface area contributed by atoms with Crippen molar-refractivity contribution >= 4 is 65.6 Å². The van der Waals surface area contributed by atoms with E-state index in [1.54, 1.807) is 30.1 Å². The van der Waals surface area contributed by atoms with Gasteiger partial charge in [0.25, 0.3) is 23.6 Å². The number of ether oxygens (including phenoxy) is 3. The molecule has 368 valence electrons. The summed E-state index contributed by atoms with van der Waals surface area (Å²) in [7, 11) is 7.81. The Kier molecular flexibility index (Phi) is 17.8. The topological polar surface area (TPSA) is 213 Å². The minimum Gasteiger partial charge on any atom is -0.491 e. The zero-order valence-electron chi connectivity index (χ0n) is 40.9. The molecule has 1 fully saturated rings. The number of ketones is 1. The average molecular weight is 974 g/mol. The van der Waals surface area contributed by atoms with Gasteiger partial charge in [-0.2, -0.15) is 0 Å². The van der Waals surface area contributed by atoms with E-state index in [1.807, 2.05) is 24.3 Å². The molecule has 2 aliphatic heterocycles. The van der Waals surface area contributed by atoms with E-state index >= 15 is 0 Å². The fourth-order valence-corrected chi connectivity index (χ4v) is 11.4. The SMILES string of the molecule is CN(CCCC(=O)CCCNC(=O)c1cccc(OCC(N=[N+]=[N-])OCCOCC(=O)ON2C(=O)CCC2=O)c1)C(=O)c1ccccc1C1=C2C=CC(=[N+](C)C)C=C2[Si](C)(C)c2cc(N(C)C)ccc21. The number of nitrogens with zero attached hydrogens (tertiary/aromatic N) is 7. The number of imide groups is 1. The molecule has 0 saturated carbocycles. The fraction of sp³-hybridized carbons (Fsp3) is 0.392. The Balaban J connectivity index is 0.951. The highest BCUT2D eigenvalue weighted by atomic mass is 28.3. The lowest BCUT2D eigenvalue weighted by Gasteiger charge is -2.38. The number of allylic oxidation sites excluding steroid dienone is 5. The normalized spacial score (nSPS) is 15.0. The number of rotatable bonds is 23. The number of azide groups is 1. The summed E-state index contributed by atoms with van der Waals surface area (Å²) >= 11 is 0. The summed E-state index contributed by atoms with van der Waals surface area (Å²) in [5, 5.41) is 9.46. The molecule has 0 aromatic heterocycles. The molecule has 1 atom stereocenters. The molecule has 18 nitrogen and oxygen atoms in total. The quantitative estimate of drug-likeness (QED) is 0.0238. The molecule has 2 heterocycles. The zero-order chi connectivity index (χ0) is 50.5. The Labute approximate surface area is 408 Å². The summed E-state index contributed by atoms with van der Waals surface area (Å²) in [5.74, 6) is -2.27. The molecule has 6 rings (SSSR count). The molecule has 3 aromatic carbocycles. The first-order valence-electron chi connectivity index (χ1n) is 23.2. The first kappa shape index (κ1) is 52.2. The van der Waals surface area contributed by atoms with Gasteiger partial charge < -0.3 is 34.2 Å². The predicted octanol–water partition coefficient (Wildman–Crippen LogP) is 5.52. The molecular weight excluding hydrogens is 913 g/mol. The van der Waals surface area contributed by atoms with Gasteiger partial charge in [-0.15, -0.1) is 5.06 Å². The van der Waals surface area contributed by atoms with Crippen LogP contribution in [-0.2, 0) is 33.5 Å². The number of benzene rings is 3. The second-order valence-electron chi connectivity index (χ2n) is 18.0. The lowest BCUT2D eigenvalue weighted by molar-refractivity contribution is -0.462. The third-order valence-electron chi connectivity index (χ3n) is 12.2. The number of hydrogen-bond donors (Lipinski definition) is 1. The first-order chi connectivity index (χ1) is 33.5. The zero-order valence-corrected chi connectivity index (χ0v) is 41.9. The van der Waals surface area contributed by atoms with Crippen LogP contribution in [0.3, 0.4) is 0 Å². The van der Waals surface area contributed by atoms with Crippen molar-refractivity contribution in [2.45, 2.75) is 57.8 Å². The van der Waals surface area contributed by atoms with Crippen molar-refractivity contribution in [3.8, 4) is 5.75 Å². The molecule has 0 spiro atoms. The van der Waals surface area contributed by atoms with E-state index in [1.165, 1.54) is 16.4 Å². The Morgan fingerprint density at radius 1 is 0.914 bits per heavy atom. The Bertz CT molecular complexity index is 2680. The van der Waals surface area contributed by atoms with Crippen molar-refractivity contribution in [3.63, 3.8) is 0 Å². The van der Waals surface area contributed by atoms with Crippen molar-refractivity contribution in [3.05, 3.63) is 128 Å². The maximum absolute atomic E-state index is 14.3. The number of nitrogens with one attached hydrogen (secondary N) is 1. The Hall–Kier alpha value is -7.18. The molecule has 0 radical (unpaired) electrons. The smallest absolute Gasteiger partial charge is 0.358 e. The van der Waals surface area contributed by atoms with E-state index in [9.17, 15) is 28.8 Å². The van der Waals surface area contributed by atoms with Crippen LogP contribution in [0.25, 0.3) is 16.0 Å². The average Bonchev–Trinajstić information content (AvgIpc) is 3.66. The van der Waals surface area contributed by atoms with E-state index in [0.717, 1.165) is 33.7 Å². The van der Waals surface area contributed by atoms with Crippen LogP contribution in [0.15, 0.2) is 101 Å². The Morgan fingerprint density at radius 2 is 1.66 bits per heavy atom.